The Morgan fingerprint density at radius 1 is 1.08 bits per heavy atom. The van der Waals surface area contributed by atoms with E-state index in [0.717, 1.165) is 16.8 Å². The molecule has 0 saturated heterocycles. The molecule has 5 heteroatoms. The second-order valence-corrected chi connectivity index (χ2v) is 6.20. The summed E-state index contributed by atoms with van der Waals surface area (Å²) in [6, 6.07) is 14.1. The number of hydrogen-bond donors (Lipinski definition) is 1. The molecule has 0 spiro atoms. The minimum absolute atomic E-state index is 0.106. The maximum absolute atomic E-state index is 5.88. The molecule has 0 unspecified atom stereocenters. The van der Waals surface area contributed by atoms with Crippen LogP contribution in [0.4, 0.5) is 5.69 Å². The van der Waals surface area contributed by atoms with E-state index >= 15 is 0 Å². The molecule has 0 aliphatic heterocycles. The number of para-hydroxylation sites is 1. The summed E-state index contributed by atoms with van der Waals surface area (Å²) < 4.78 is 11.1. The summed E-state index contributed by atoms with van der Waals surface area (Å²) in [4.78, 5) is 0. The van der Waals surface area contributed by atoms with Crippen LogP contribution in [0.25, 0.3) is 11.5 Å². The van der Waals surface area contributed by atoms with E-state index in [2.05, 4.69) is 41.5 Å². The predicted octanol–water partition coefficient (Wildman–Crippen LogP) is 4.67. The van der Waals surface area contributed by atoms with Gasteiger partial charge in [0.2, 0.25) is 11.8 Å². The van der Waals surface area contributed by atoms with Gasteiger partial charge in [-0.25, -0.2) is 0 Å². The first kappa shape index (κ1) is 17.2. The van der Waals surface area contributed by atoms with Gasteiger partial charge in [0.05, 0.1) is 6.61 Å². The second kappa shape index (κ2) is 7.49. The van der Waals surface area contributed by atoms with Crippen molar-refractivity contribution in [2.45, 2.75) is 33.4 Å². The highest BCUT2D eigenvalue weighted by atomic mass is 16.5. The van der Waals surface area contributed by atoms with Crippen molar-refractivity contribution in [2.75, 3.05) is 12.4 Å². The molecule has 3 rings (SSSR count). The molecule has 0 amide bonds. The molecule has 0 aliphatic carbocycles. The highest BCUT2D eigenvalue weighted by Gasteiger charge is 2.16. The summed E-state index contributed by atoms with van der Waals surface area (Å²) in [6.45, 7) is 6.71. The minimum atomic E-state index is -0.106. The van der Waals surface area contributed by atoms with Gasteiger partial charge in [0.25, 0.3) is 0 Å². The first-order valence-corrected chi connectivity index (χ1v) is 8.33. The smallest absolute Gasteiger partial charge is 0.247 e. The van der Waals surface area contributed by atoms with E-state index in [1.54, 1.807) is 7.11 Å². The van der Waals surface area contributed by atoms with Gasteiger partial charge in [-0.1, -0.05) is 24.3 Å². The first-order valence-electron chi connectivity index (χ1n) is 8.33. The molecule has 0 radical (unpaired) electrons. The number of anilines is 1. The Morgan fingerprint density at radius 2 is 1.88 bits per heavy atom. The number of aromatic nitrogens is 2. The molecule has 1 atom stereocenters. The zero-order chi connectivity index (χ0) is 17.8. The van der Waals surface area contributed by atoms with Crippen molar-refractivity contribution < 1.29 is 9.15 Å². The number of rotatable bonds is 6. The van der Waals surface area contributed by atoms with Gasteiger partial charge in [-0.05, 0) is 50.1 Å². The van der Waals surface area contributed by atoms with Crippen LogP contribution in [-0.4, -0.2) is 17.3 Å². The van der Waals surface area contributed by atoms with Gasteiger partial charge in [0, 0.05) is 23.9 Å². The summed E-state index contributed by atoms with van der Waals surface area (Å²) >= 11 is 0. The predicted molar refractivity (Wildman–Crippen MR) is 98.4 cm³/mol. The molecule has 0 fully saturated rings. The lowest BCUT2D eigenvalue weighted by atomic mass is 10.1. The molecular weight excluding hydrogens is 314 g/mol. The first-order chi connectivity index (χ1) is 12.1. The topological polar surface area (TPSA) is 60.2 Å². The van der Waals surface area contributed by atoms with Crippen molar-refractivity contribution >= 4 is 5.69 Å². The molecule has 0 bridgehead atoms. The quantitative estimate of drug-likeness (QED) is 0.708. The van der Waals surface area contributed by atoms with Crippen LogP contribution in [0.2, 0.25) is 0 Å². The van der Waals surface area contributed by atoms with Gasteiger partial charge in [0.15, 0.2) is 0 Å². The summed E-state index contributed by atoms with van der Waals surface area (Å²) in [5.41, 5.74) is 5.48. The largest absolute Gasteiger partial charge is 0.418 e. The fraction of sp³-hybridized carbons (Fsp3) is 0.300. The number of hydrogen-bond acceptors (Lipinski definition) is 5. The maximum atomic E-state index is 5.88. The van der Waals surface area contributed by atoms with Crippen molar-refractivity contribution in [1.82, 2.24) is 10.2 Å². The zero-order valence-electron chi connectivity index (χ0n) is 15.0. The van der Waals surface area contributed by atoms with Crippen molar-refractivity contribution in [3.63, 3.8) is 0 Å². The van der Waals surface area contributed by atoms with Gasteiger partial charge in [0.1, 0.15) is 6.04 Å². The van der Waals surface area contributed by atoms with Crippen LogP contribution < -0.4 is 5.32 Å². The van der Waals surface area contributed by atoms with Crippen molar-refractivity contribution in [1.29, 1.82) is 0 Å². The Bertz CT molecular complexity index is 858. The maximum Gasteiger partial charge on any atom is 0.247 e. The molecule has 0 aliphatic rings. The standard InChI is InChI=1S/C20H23N3O2/c1-13-9-10-16(11-14(13)2)20-23-22-19(25-20)15(3)21-18-8-6-5-7-17(18)12-24-4/h5-11,15,21H,12H2,1-4H3/t15-/m0/s1. The second-order valence-electron chi connectivity index (χ2n) is 6.20. The Morgan fingerprint density at radius 3 is 2.64 bits per heavy atom. The molecule has 3 aromatic rings. The Kier molecular flexibility index (Phi) is 5.14. The Labute approximate surface area is 148 Å². The van der Waals surface area contributed by atoms with E-state index in [1.165, 1.54) is 11.1 Å². The number of nitrogens with one attached hydrogen (secondary N) is 1. The van der Waals surface area contributed by atoms with E-state index in [0.29, 0.717) is 18.4 Å². The molecule has 1 heterocycles. The van der Waals surface area contributed by atoms with E-state index in [9.17, 15) is 0 Å². The summed E-state index contributed by atoms with van der Waals surface area (Å²) in [7, 11) is 1.69. The van der Waals surface area contributed by atoms with Crippen molar-refractivity contribution in [2.24, 2.45) is 0 Å². The molecule has 2 aromatic carbocycles. The van der Waals surface area contributed by atoms with Crippen LogP contribution in [0.15, 0.2) is 46.9 Å². The van der Waals surface area contributed by atoms with E-state index in [-0.39, 0.29) is 6.04 Å². The summed E-state index contributed by atoms with van der Waals surface area (Å²) in [6.07, 6.45) is 0. The van der Waals surface area contributed by atoms with Crippen molar-refractivity contribution in [3.8, 4) is 11.5 Å². The van der Waals surface area contributed by atoms with E-state index in [1.807, 2.05) is 37.3 Å². The van der Waals surface area contributed by atoms with Gasteiger partial charge >= 0.3 is 0 Å². The lowest BCUT2D eigenvalue weighted by Crippen LogP contribution is -2.09. The Balaban J connectivity index is 1.79. The van der Waals surface area contributed by atoms with Gasteiger partial charge in [-0.3, -0.25) is 0 Å². The number of nitrogens with zero attached hydrogens (tertiary/aromatic N) is 2. The summed E-state index contributed by atoms with van der Waals surface area (Å²) in [5, 5.41) is 11.8. The van der Waals surface area contributed by atoms with Crippen LogP contribution in [0.3, 0.4) is 0 Å². The minimum Gasteiger partial charge on any atom is -0.418 e. The average molecular weight is 337 g/mol. The molecule has 1 aromatic heterocycles. The van der Waals surface area contributed by atoms with Crippen LogP contribution in [0, 0.1) is 13.8 Å². The summed E-state index contributed by atoms with van der Waals surface area (Å²) in [5.74, 6) is 1.09. The lowest BCUT2D eigenvalue weighted by molar-refractivity contribution is 0.185. The van der Waals surface area contributed by atoms with E-state index in [4.69, 9.17) is 9.15 Å². The SMILES string of the molecule is COCc1ccccc1N[C@@H](C)c1nnc(-c2ccc(C)c(C)c2)o1. The highest BCUT2D eigenvalue weighted by Crippen LogP contribution is 2.26. The number of aryl methyl sites for hydroxylation is 2. The fourth-order valence-electron chi connectivity index (χ4n) is 2.64. The molecule has 130 valence electrons. The lowest BCUT2D eigenvalue weighted by Gasteiger charge is -2.15. The highest BCUT2D eigenvalue weighted by molar-refractivity contribution is 5.55. The normalized spacial score (nSPS) is 12.2. The molecular formula is C20H23N3O2. The van der Waals surface area contributed by atoms with Crippen LogP contribution in [-0.2, 0) is 11.3 Å². The molecule has 25 heavy (non-hydrogen) atoms. The fourth-order valence-corrected chi connectivity index (χ4v) is 2.64. The van der Waals surface area contributed by atoms with Gasteiger partial charge < -0.3 is 14.5 Å². The molecule has 0 saturated carbocycles. The van der Waals surface area contributed by atoms with Gasteiger partial charge in [-0.15, -0.1) is 10.2 Å². The number of methoxy groups -OCH3 is 1. The zero-order valence-corrected chi connectivity index (χ0v) is 15.0. The Hall–Kier alpha value is -2.66. The number of ether oxygens (including phenoxy) is 1. The molecule has 5 nitrogen and oxygen atoms in total. The van der Waals surface area contributed by atoms with Crippen LogP contribution in [0.1, 0.15) is 35.5 Å². The van der Waals surface area contributed by atoms with Crippen molar-refractivity contribution in [3.05, 3.63) is 65.0 Å². The van der Waals surface area contributed by atoms with E-state index < -0.39 is 0 Å². The third kappa shape index (κ3) is 3.88. The third-order valence-electron chi connectivity index (χ3n) is 4.25. The van der Waals surface area contributed by atoms with Crippen LogP contribution >= 0.6 is 0 Å². The van der Waals surface area contributed by atoms with Crippen LogP contribution in [0.5, 0.6) is 0 Å². The molecule has 1 N–H and O–H groups in total. The number of benzene rings is 2. The monoisotopic (exact) mass is 337 g/mol. The third-order valence-corrected chi connectivity index (χ3v) is 4.25. The average Bonchev–Trinajstić information content (AvgIpc) is 3.09. The van der Waals surface area contributed by atoms with Gasteiger partial charge in [-0.2, -0.15) is 0 Å².